The van der Waals surface area contributed by atoms with E-state index in [0.29, 0.717) is 0 Å². The van der Waals surface area contributed by atoms with Gasteiger partial charge < -0.3 is 10.1 Å². The molecule has 1 aromatic carbocycles. The molecule has 5 heteroatoms. The Morgan fingerprint density at radius 2 is 2.08 bits per heavy atom. The summed E-state index contributed by atoms with van der Waals surface area (Å²) in [6.07, 6.45) is 0. The molecule has 72 valence electrons. The Balaban J connectivity index is 2.92. The largest absolute Gasteiger partial charge is 0.433 e. The zero-order chi connectivity index (χ0) is 9.84. The molecule has 0 aliphatic carbocycles. The predicted octanol–water partition coefficient (Wildman–Crippen LogP) is 2.47. The van der Waals surface area contributed by atoms with Gasteiger partial charge in [-0.25, -0.2) is 4.39 Å². The first-order valence-corrected chi connectivity index (χ1v) is 3.55. The molecule has 13 heavy (non-hydrogen) atoms. The van der Waals surface area contributed by atoms with Gasteiger partial charge in [0.15, 0.2) is 0 Å². The average Bonchev–Trinajstić information content (AvgIpc) is 2.07. The first-order valence-electron chi connectivity index (χ1n) is 3.55. The van der Waals surface area contributed by atoms with Crippen LogP contribution in [0.3, 0.4) is 0 Å². The minimum atomic E-state index is -2.91. The molecule has 0 amide bonds. The smallest absolute Gasteiger partial charge is 0.387 e. The minimum absolute atomic E-state index is 0.0705. The van der Waals surface area contributed by atoms with Crippen molar-refractivity contribution in [1.29, 1.82) is 0 Å². The highest BCUT2D eigenvalue weighted by Crippen LogP contribution is 2.26. The second kappa shape index (κ2) is 4.02. The number of hydrogen-bond acceptors (Lipinski definition) is 2. The molecular formula is C8H8F3NO. The molecule has 2 nitrogen and oxygen atoms in total. The van der Waals surface area contributed by atoms with Crippen LogP contribution in [0.15, 0.2) is 18.2 Å². The predicted molar refractivity (Wildman–Crippen MR) is 42.6 cm³/mol. The van der Waals surface area contributed by atoms with Crippen LogP contribution in [0.5, 0.6) is 5.75 Å². The summed E-state index contributed by atoms with van der Waals surface area (Å²) in [5.41, 5.74) is 0.195. The van der Waals surface area contributed by atoms with Gasteiger partial charge >= 0.3 is 6.61 Å². The number of ether oxygens (including phenoxy) is 1. The van der Waals surface area contributed by atoms with Crippen molar-refractivity contribution in [1.82, 2.24) is 0 Å². The number of nitrogens with one attached hydrogen (secondary N) is 1. The number of anilines is 1. The lowest BCUT2D eigenvalue weighted by atomic mass is 10.3. The molecule has 0 saturated carbocycles. The summed E-state index contributed by atoms with van der Waals surface area (Å²) in [6.45, 7) is -2.91. The van der Waals surface area contributed by atoms with E-state index in [1.54, 1.807) is 0 Å². The maximum atomic E-state index is 12.6. The van der Waals surface area contributed by atoms with Crippen LogP contribution in [0.25, 0.3) is 0 Å². The van der Waals surface area contributed by atoms with E-state index in [-0.39, 0.29) is 11.4 Å². The van der Waals surface area contributed by atoms with Gasteiger partial charge in [0.2, 0.25) is 0 Å². The molecule has 0 atom stereocenters. The SMILES string of the molecule is CNc1cc(F)ccc1OC(F)F. The van der Waals surface area contributed by atoms with Crippen molar-refractivity contribution in [3.8, 4) is 5.75 Å². The fourth-order valence-corrected chi connectivity index (χ4v) is 0.896. The van der Waals surface area contributed by atoms with Crippen molar-refractivity contribution in [3.05, 3.63) is 24.0 Å². The highest BCUT2D eigenvalue weighted by atomic mass is 19.3. The van der Waals surface area contributed by atoms with E-state index in [0.717, 1.165) is 18.2 Å². The number of alkyl halides is 2. The summed E-state index contributed by atoms with van der Waals surface area (Å²) in [4.78, 5) is 0. The van der Waals surface area contributed by atoms with E-state index in [9.17, 15) is 13.2 Å². The molecule has 0 fully saturated rings. The van der Waals surface area contributed by atoms with Gasteiger partial charge in [-0.05, 0) is 12.1 Å². The Hall–Kier alpha value is -1.39. The van der Waals surface area contributed by atoms with Gasteiger partial charge in [-0.15, -0.1) is 0 Å². The van der Waals surface area contributed by atoms with Crippen LogP contribution in [0.1, 0.15) is 0 Å². The number of rotatable bonds is 3. The second-order valence-electron chi connectivity index (χ2n) is 2.27. The van der Waals surface area contributed by atoms with Gasteiger partial charge in [0.05, 0.1) is 5.69 Å². The average molecular weight is 191 g/mol. The molecule has 0 aliphatic rings. The van der Waals surface area contributed by atoms with E-state index in [1.165, 1.54) is 7.05 Å². The third-order valence-electron chi connectivity index (χ3n) is 1.43. The zero-order valence-corrected chi connectivity index (χ0v) is 6.85. The standard InChI is InChI=1S/C8H8F3NO/c1-12-6-4-5(9)2-3-7(6)13-8(10)11/h2-4,8,12H,1H3. The Bertz CT molecular complexity index is 291. The first-order chi connectivity index (χ1) is 6.13. The van der Waals surface area contributed by atoms with Crippen molar-refractivity contribution in [2.24, 2.45) is 0 Å². The van der Waals surface area contributed by atoms with Gasteiger partial charge in [-0.1, -0.05) is 0 Å². The Morgan fingerprint density at radius 3 is 2.62 bits per heavy atom. The van der Waals surface area contributed by atoms with Crippen molar-refractivity contribution >= 4 is 5.69 Å². The number of hydrogen-bond donors (Lipinski definition) is 1. The summed E-state index contributed by atoms with van der Waals surface area (Å²) >= 11 is 0. The molecule has 0 unspecified atom stereocenters. The molecule has 0 saturated heterocycles. The van der Waals surface area contributed by atoms with E-state index in [1.807, 2.05) is 0 Å². The highest BCUT2D eigenvalue weighted by Gasteiger charge is 2.08. The lowest BCUT2D eigenvalue weighted by Gasteiger charge is -2.09. The maximum absolute atomic E-state index is 12.6. The summed E-state index contributed by atoms with van der Waals surface area (Å²) in [5, 5.41) is 2.54. The number of halogens is 3. The number of benzene rings is 1. The van der Waals surface area contributed by atoms with E-state index < -0.39 is 12.4 Å². The molecule has 0 aliphatic heterocycles. The molecule has 0 heterocycles. The molecule has 0 aromatic heterocycles. The molecule has 0 spiro atoms. The monoisotopic (exact) mass is 191 g/mol. The molecule has 1 aromatic rings. The van der Waals surface area contributed by atoms with Gasteiger partial charge in [-0.2, -0.15) is 8.78 Å². The molecule has 1 N–H and O–H groups in total. The topological polar surface area (TPSA) is 21.3 Å². The van der Waals surface area contributed by atoms with Crippen LogP contribution in [0, 0.1) is 5.82 Å². The van der Waals surface area contributed by atoms with E-state index >= 15 is 0 Å². The minimum Gasteiger partial charge on any atom is -0.433 e. The third-order valence-corrected chi connectivity index (χ3v) is 1.43. The van der Waals surface area contributed by atoms with Crippen molar-refractivity contribution in [2.75, 3.05) is 12.4 Å². The van der Waals surface area contributed by atoms with Crippen molar-refractivity contribution in [3.63, 3.8) is 0 Å². The van der Waals surface area contributed by atoms with Crippen LogP contribution in [-0.4, -0.2) is 13.7 Å². The highest BCUT2D eigenvalue weighted by molar-refractivity contribution is 5.55. The Labute approximate surface area is 73.3 Å². The van der Waals surface area contributed by atoms with Crippen molar-refractivity contribution < 1.29 is 17.9 Å². The van der Waals surface area contributed by atoms with Gasteiger partial charge in [-0.3, -0.25) is 0 Å². The Morgan fingerprint density at radius 1 is 1.38 bits per heavy atom. The van der Waals surface area contributed by atoms with Gasteiger partial charge in [0.25, 0.3) is 0 Å². The second-order valence-corrected chi connectivity index (χ2v) is 2.27. The summed E-state index contributed by atoms with van der Waals surface area (Å²) < 4.78 is 40.3. The fraction of sp³-hybridized carbons (Fsp3) is 0.250. The molecular weight excluding hydrogens is 183 g/mol. The quantitative estimate of drug-likeness (QED) is 0.792. The molecule has 0 radical (unpaired) electrons. The van der Waals surface area contributed by atoms with Crippen LogP contribution in [-0.2, 0) is 0 Å². The van der Waals surface area contributed by atoms with E-state index in [2.05, 4.69) is 10.1 Å². The maximum Gasteiger partial charge on any atom is 0.387 e. The lowest BCUT2D eigenvalue weighted by molar-refractivity contribution is -0.0493. The van der Waals surface area contributed by atoms with Crippen LogP contribution >= 0.6 is 0 Å². The molecule has 0 bridgehead atoms. The summed E-state index contributed by atoms with van der Waals surface area (Å²) in [6, 6.07) is 3.28. The van der Waals surface area contributed by atoms with Crippen LogP contribution < -0.4 is 10.1 Å². The molecule has 1 rings (SSSR count). The van der Waals surface area contributed by atoms with Crippen LogP contribution in [0.2, 0.25) is 0 Å². The van der Waals surface area contributed by atoms with E-state index in [4.69, 9.17) is 0 Å². The first kappa shape index (κ1) is 9.70. The van der Waals surface area contributed by atoms with Crippen LogP contribution in [0.4, 0.5) is 18.9 Å². The third kappa shape index (κ3) is 2.54. The van der Waals surface area contributed by atoms with Crippen molar-refractivity contribution in [2.45, 2.75) is 6.61 Å². The Kier molecular flexibility index (Phi) is 3.00. The normalized spacial score (nSPS) is 10.2. The summed E-state index contributed by atoms with van der Waals surface area (Å²) in [7, 11) is 1.49. The summed E-state index contributed by atoms with van der Waals surface area (Å²) in [5.74, 6) is -0.579. The zero-order valence-electron chi connectivity index (χ0n) is 6.85. The lowest BCUT2D eigenvalue weighted by Crippen LogP contribution is -2.04. The van der Waals surface area contributed by atoms with Gasteiger partial charge in [0, 0.05) is 13.1 Å². The van der Waals surface area contributed by atoms with Gasteiger partial charge in [0.1, 0.15) is 11.6 Å². The fourth-order valence-electron chi connectivity index (χ4n) is 0.896.